The molecule has 1 aliphatic heterocycles. The minimum atomic E-state index is -3.56. The molecular formula is C15H22N2O3S2. The van der Waals surface area contributed by atoms with Crippen molar-refractivity contribution in [2.24, 2.45) is 11.1 Å². The van der Waals surface area contributed by atoms with Crippen molar-refractivity contribution in [3.63, 3.8) is 0 Å². The molecule has 5 nitrogen and oxygen atoms in total. The quantitative estimate of drug-likeness (QED) is 0.909. The molecular weight excluding hydrogens is 320 g/mol. The lowest BCUT2D eigenvalue weighted by Gasteiger charge is -2.25. The van der Waals surface area contributed by atoms with Crippen LogP contribution in [-0.2, 0) is 22.9 Å². The molecule has 3 rings (SSSR count). The van der Waals surface area contributed by atoms with Crippen LogP contribution >= 0.6 is 11.3 Å². The predicted molar refractivity (Wildman–Crippen MR) is 87.5 cm³/mol. The van der Waals surface area contributed by atoms with E-state index in [2.05, 4.69) is 6.92 Å². The van der Waals surface area contributed by atoms with Crippen molar-refractivity contribution in [1.82, 2.24) is 4.90 Å². The number of likely N-dealkylation sites (tertiary alicyclic amines) is 1. The molecule has 0 bridgehead atoms. The lowest BCUT2D eigenvalue weighted by molar-refractivity contribution is 0.0748. The van der Waals surface area contributed by atoms with Crippen LogP contribution in [-0.4, -0.2) is 37.6 Å². The van der Waals surface area contributed by atoms with Crippen molar-refractivity contribution in [2.75, 3.05) is 12.3 Å². The van der Waals surface area contributed by atoms with Crippen LogP contribution in [0.2, 0.25) is 0 Å². The molecule has 1 aromatic heterocycles. The molecule has 1 aliphatic carbocycles. The first kappa shape index (κ1) is 16.0. The Balaban J connectivity index is 1.82. The molecule has 2 aliphatic rings. The highest BCUT2D eigenvalue weighted by Gasteiger charge is 2.34. The predicted octanol–water partition coefficient (Wildman–Crippen LogP) is 1.77. The lowest BCUT2D eigenvalue weighted by Crippen LogP contribution is -2.41. The van der Waals surface area contributed by atoms with Crippen LogP contribution < -0.4 is 5.14 Å². The fourth-order valence-corrected chi connectivity index (χ4v) is 5.68. The summed E-state index contributed by atoms with van der Waals surface area (Å²) in [7, 11) is -3.56. The summed E-state index contributed by atoms with van der Waals surface area (Å²) in [6, 6.07) is -0.277. The number of rotatable bonds is 3. The van der Waals surface area contributed by atoms with Crippen molar-refractivity contribution in [3.05, 3.63) is 21.4 Å². The molecule has 1 saturated heterocycles. The standard InChI is InChI=1S/C15H22N2O3S2/c1-10-4-5-12-13(8-21-14(12)7-10)15(18)17-6-2-3-11(17)9-22(16,19)20/h8,10-11H,2-7,9H2,1H3,(H2,16,19,20). The van der Waals surface area contributed by atoms with Crippen molar-refractivity contribution < 1.29 is 13.2 Å². The molecule has 0 spiro atoms. The van der Waals surface area contributed by atoms with Gasteiger partial charge in [-0.05, 0) is 43.6 Å². The summed E-state index contributed by atoms with van der Waals surface area (Å²) in [6.07, 6.45) is 4.67. The Morgan fingerprint density at radius 3 is 2.95 bits per heavy atom. The zero-order valence-electron chi connectivity index (χ0n) is 12.7. The number of nitrogens with zero attached hydrogens (tertiary/aromatic N) is 1. The van der Waals surface area contributed by atoms with E-state index in [0.717, 1.165) is 31.2 Å². The number of fused-ring (bicyclic) bond motifs is 1. The van der Waals surface area contributed by atoms with Crippen LogP contribution in [0.3, 0.4) is 0 Å². The highest BCUT2D eigenvalue weighted by molar-refractivity contribution is 7.89. The molecule has 2 N–H and O–H groups in total. The van der Waals surface area contributed by atoms with E-state index >= 15 is 0 Å². The maximum Gasteiger partial charge on any atom is 0.255 e. The summed E-state index contributed by atoms with van der Waals surface area (Å²) in [5, 5.41) is 7.11. The molecule has 22 heavy (non-hydrogen) atoms. The van der Waals surface area contributed by atoms with Gasteiger partial charge >= 0.3 is 0 Å². The first-order valence-corrected chi connectivity index (χ1v) is 10.4. The van der Waals surface area contributed by atoms with Gasteiger partial charge in [-0.3, -0.25) is 4.79 Å². The van der Waals surface area contributed by atoms with Gasteiger partial charge in [0.25, 0.3) is 5.91 Å². The number of carbonyl (C=O) groups excluding carboxylic acids is 1. The van der Waals surface area contributed by atoms with E-state index in [9.17, 15) is 13.2 Å². The van der Waals surface area contributed by atoms with Gasteiger partial charge in [-0.2, -0.15) is 0 Å². The van der Waals surface area contributed by atoms with E-state index in [0.29, 0.717) is 18.9 Å². The van der Waals surface area contributed by atoms with Gasteiger partial charge < -0.3 is 4.90 Å². The molecule has 1 fully saturated rings. The van der Waals surface area contributed by atoms with Crippen LogP contribution in [0.15, 0.2) is 5.38 Å². The summed E-state index contributed by atoms with van der Waals surface area (Å²) in [5.41, 5.74) is 1.97. The van der Waals surface area contributed by atoms with E-state index in [1.807, 2.05) is 5.38 Å². The highest BCUT2D eigenvalue weighted by Crippen LogP contribution is 2.34. The SMILES string of the molecule is CC1CCc2c(C(=O)N3CCCC3CS(N)(=O)=O)csc2C1. The van der Waals surface area contributed by atoms with Crippen LogP contribution in [0.25, 0.3) is 0 Å². The van der Waals surface area contributed by atoms with E-state index in [-0.39, 0.29) is 17.7 Å². The van der Waals surface area contributed by atoms with Gasteiger partial charge in [0.2, 0.25) is 10.0 Å². The third kappa shape index (κ3) is 3.21. The highest BCUT2D eigenvalue weighted by atomic mass is 32.2. The molecule has 7 heteroatoms. The fraction of sp³-hybridized carbons (Fsp3) is 0.667. The molecule has 2 unspecified atom stereocenters. The maximum atomic E-state index is 12.9. The summed E-state index contributed by atoms with van der Waals surface area (Å²) in [6.45, 7) is 2.87. The summed E-state index contributed by atoms with van der Waals surface area (Å²) >= 11 is 1.67. The van der Waals surface area contributed by atoms with Gasteiger partial charge in [-0.1, -0.05) is 6.92 Å². The molecule has 2 heterocycles. The first-order valence-electron chi connectivity index (χ1n) is 7.76. The normalized spacial score (nSPS) is 25.3. The van der Waals surface area contributed by atoms with Crippen molar-refractivity contribution in [1.29, 1.82) is 0 Å². The monoisotopic (exact) mass is 342 g/mol. The Kier molecular flexibility index (Phi) is 4.31. The Labute approximate surface area is 135 Å². The second-order valence-electron chi connectivity index (χ2n) is 6.52. The Morgan fingerprint density at radius 2 is 2.23 bits per heavy atom. The summed E-state index contributed by atoms with van der Waals surface area (Å²) in [4.78, 5) is 15.9. The number of hydrogen-bond donors (Lipinski definition) is 1. The largest absolute Gasteiger partial charge is 0.335 e. The minimum absolute atomic E-state index is 0.0156. The number of primary sulfonamides is 1. The van der Waals surface area contributed by atoms with Crippen LogP contribution in [0.5, 0.6) is 0 Å². The van der Waals surface area contributed by atoms with Gasteiger partial charge in [-0.25, -0.2) is 13.6 Å². The zero-order valence-corrected chi connectivity index (χ0v) is 14.4. The van der Waals surface area contributed by atoms with Crippen LogP contribution in [0.1, 0.15) is 47.0 Å². The Bertz CT molecular complexity index is 681. The topological polar surface area (TPSA) is 80.5 Å². The second-order valence-corrected chi connectivity index (χ2v) is 9.15. The van der Waals surface area contributed by atoms with Crippen molar-refractivity contribution in [3.8, 4) is 0 Å². The number of nitrogens with two attached hydrogens (primary N) is 1. The van der Waals surface area contributed by atoms with Crippen LogP contribution in [0.4, 0.5) is 0 Å². The molecule has 122 valence electrons. The third-order valence-corrected chi connectivity index (χ3v) is 6.60. The number of hydrogen-bond acceptors (Lipinski definition) is 4. The van der Waals surface area contributed by atoms with E-state index in [1.54, 1.807) is 16.2 Å². The van der Waals surface area contributed by atoms with Gasteiger partial charge in [0.05, 0.1) is 11.3 Å². The van der Waals surface area contributed by atoms with Gasteiger partial charge in [0.1, 0.15) is 0 Å². The van der Waals surface area contributed by atoms with E-state index in [4.69, 9.17) is 5.14 Å². The smallest absolute Gasteiger partial charge is 0.255 e. The van der Waals surface area contributed by atoms with Gasteiger partial charge in [-0.15, -0.1) is 11.3 Å². The lowest BCUT2D eigenvalue weighted by atomic mass is 9.88. The second kappa shape index (κ2) is 5.94. The number of amides is 1. The minimum Gasteiger partial charge on any atom is -0.335 e. The number of sulfonamides is 1. The molecule has 1 amide bonds. The fourth-order valence-electron chi connectivity index (χ4n) is 3.56. The average Bonchev–Trinajstić information content (AvgIpc) is 3.02. The molecule has 1 aromatic rings. The Hall–Kier alpha value is -0.920. The summed E-state index contributed by atoms with van der Waals surface area (Å²) < 4.78 is 22.7. The van der Waals surface area contributed by atoms with Crippen LogP contribution in [0, 0.1) is 5.92 Å². The summed E-state index contributed by atoms with van der Waals surface area (Å²) in [5.74, 6) is 0.525. The zero-order chi connectivity index (χ0) is 15.9. The van der Waals surface area contributed by atoms with Crippen molar-refractivity contribution >= 4 is 27.3 Å². The Morgan fingerprint density at radius 1 is 1.45 bits per heavy atom. The third-order valence-electron chi connectivity index (χ3n) is 4.69. The first-order chi connectivity index (χ1) is 10.3. The maximum absolute atomic E-state index is 12.9. The molecule has 2 atom stereocenters. The van der Waals surface area contributed by atoms with E-state index in [1.165, 1.54) is 10.4 Å². The van der Waals surface area contributed by atoms with Gasteiger partial charge in [0, 0.05) is 22.8 Å². The van der Waals surface area contributed by atoms with Gasteiger partial charge in [0.15, 0.2) is 0 Å². The molecule has 0 saturated carbocycles. The van der Waals surface area contributed by atoms with Crippen molar-refractivity contribution in [2.45, 2.75) is 45.1 Å². The number of carbonyl (C=O) groups is 1. The average molecular weight is 342 g/mol. The number of thiophene rings is 1. The van der Waals surface area contributed by atoms with E-state index < -0.39 is 10.0 Å². The molecule has 0 aromatic carbocycles. The molecule has 0 radical (unpaired) electrons.